The van der Waals surface area contributed by atoms with E-state index in [2.05, 4.69) is 10.3 Å². The molecule has 1 aromatic heterocycles. The average molecular weight is 419 g/mol. The second-order valence-corrected chi connectivity index (χ2v) is 8.25. The van der Waals surface area contributed by atoms with E-state index in [1.54, 1.807) is 6.20 Å². The van der Waals surface area contributed by atoms with Crippen molar-refractivity contribution in [3.8, 4) is 0 Å². The number of aliphatic carboxylic acids is 1. The molecule has 0 bridgehead atoms. The number of hydrogen-bond donors (Lipinski definition) is 4. The van der Waals surface area contributed by atoms with Crippen LogP contribution in [0.15, 0.2) is 48.7 Å². The minimum absolute atomic E-state index is 0.0285. The summed E-state index contributed by atoms with van der Waals surface area (Å²) in [5.41, 5.74) is 1.08. The fourth-order valence-corrected chi connectivity index (χ4v) is 3.46. The number of amides is 1. The van der Waals surface area contributed by atoms with Gasteiger partial charge in [-0.25, -0.2) is 17.6 Å². The Balaban J connectivity index is 1.81. The molecule has 29 heavy (non-hydrogen) atoms. The molecule has 0 spiro atoms. The van der Waals surface area contributed by atoms with Crippen LogP contribution in [0.1, 0.15) is 15.9 Å². The molecule has 3 rings (SSSR count). The highest BCUT2D eigenvalue weighted by atomic mass is 32.2. The highest BCUT2D eigenvalue weighted by Gasteiger charge is 2.23. The number of rotatable bonds is 7. The van der Waals surface area contributed by atoms with E-state index in [1.165, 1.54) is 0 Å². The molecule has 10 heteroatoms. The van der Waals surface area contributed by atoms with Gasteiger partial charge in [-0.3, -0.25) is 9.52 Å². The van der Waals surface area contributed by atoms with Crippen LogP contribution in [0.2, 0.25) is 0 Å². The van der Waals surface area contributed by atoms with Gasteiger partial charge >= 0.3 is 5.97 Å². The van der Waals surface area contributed by atoms with Crippen LogP contribution in [0.5, 0.6) is 0 Å². The second kappa shape index (κ2) is 7.92. The van der Waals surface area contributed by atoms with Crippen molar-refractivity contribution >= 4 is 38.5 Å². The third kappa shape index (κ3) is 4.91. The van der Waals surface area contributed by atoms with Gasteiger partial charge in [0.05, 0.1) is 11.9 Å². The van der Waals surface area contributed by atoms with Crippen molar-refractivity contribution in [2.75, 3.05) is 11.0 Å². The molecule has 0 saturated carbocycles. The summed E-state index contributed by atoms with van der Waals surface area (Å²) in [6.07, 6.45) is 2.56. The summed E-state index contributed by atoms with van der Waals surface area (Å²) in [7, 11) is -3.75. The normalized spacial score (nSPS) is 12.5. The van der Waals surface area contributed by atoms with E-state index < -0.39 is 39.4 Å². The number of H-pyrrole nitrogens is 1. The van der Waals surface area contributed by atoms with Crippen molar-refractivity contribution in [2.45, 2.75) is 12.5 Å². The maximum absolute atomic E-state index is 13.8. The number of sulfonamides is 1. The molecule has 0 unspecified atom stereocenters. The highest BCUT2D eigenvalue weighted by molar-refractivity contribution is 7.92. The van der Waals surface area contributed by atoms with Crippen molar-refractivity contribution in [1.29, 1.82) is 0 Å². The number of para-hydroxylation sites is 1. The van der Waals surface area contributed by atoms with Crippen LogP contribution in [-0.2, 0) is 21.2 Å². The number of carbonyl (C=O) groups is 2. The monoisotopic (exact) mass is 419 g/mol. The van der Waals surface area contributed by atoms with Gasteiger partial charge in [-0.2, -0.15) is 0 Å². The van der Waals surface area contributed by atoms with Crippen molar-refractivity contribution in [1.82, 2.24) is 10.3 Å². The van der Waals surface area contributed by atoms with Gasteiger partial charge in [0.1, 0.15) is 11.9 Å². The minimum Gasteiger partial charge on any atom is -0.480 e. The average Bonchev–Trinajstić information content (AvgIpc) is 3.05. The van der Waals surface area contributed by atoms with Gasteiger partial charge < -0.3 is 15.4 Å². The highest BCUT2D eigenvalue weighted by Crippen LogP contribution is 2.20. The van der Waals surface area contributed by atoms with Gasteiger partial charge in [0.15, 0.2) is 0 Å². The van der Waals surface area contributed by atoms with E-state index in [0.29, 0.717) is 5.56 Å². The van der Waals surface area contributed by atoms with E-state index in [4.69, 9.17) is 0 Å². The van der Waals surface area contributed by atoms with Crippen molar-refractivity contribution in [3.63, 3.8) is 0 Å². The van der Waals surface area contributed by atoms with Crippen LogP contribution in [-0.4, -0.2) is 42.7 Å². The molecule has 1 heterocycles. The number of hydrogen-bond acceptors (Lipinski definition) is 4. The minimum atomic E-state index is -3.75. The number of carboxylic acid groups (broad SMARTS) is 1. The zero-order valence-corrected chi connectivity index (χ0v) is 16.1. The number of carboxylic acids is 1. The zero-order chi connectivity index (χ0) is 21.2. The summed E-state index contributed by atoms with van der Waals surface area (Å²) in [5.74, 6) is -2.87. The first-order valence-electron chi connectivity index (χ1n) is 8.50. The van der Waals surface area contributed by atoms with Crippen LogP contribution in [0.4, 0.5) is 10.1 Å². The second-order valence-electron chi connectivity index (χ2n) is 6.50. The molecular formula is C19H18FN3O5S. The van der Waals surface area contributed by atoms with Crippen LogP contribution < -0.4 is 10.0 Å². The molecule has 0 aliphatic rings. The largest absolute Gasteiger partial charge is 0.480 e. The van der Waals surface area contributed by atoms with Gasteiger partial charge in [0, 0.05) is 29.1 Å². The van der Waals surface area contributed by atoms with E-state index in [-0.39, 0.29) is 12.0 Å². The van der Waals surface area contributed by atoms with Gasteiger partial charge in [-0.1, -0.05) is 18.2 Å². The maximum atomic E-state index is 13.8. The summed E-state index contributed by atoms with van der Waals surface area (Å²) in [4.78, 5) is 27.2. The van der Waals surface area contributed by atoms with E-state index in [0.717, 1.165) is 35.4 Å². The quantitative estimate of drug-likeness (QED) is 0.466. The smallest absolute Gasteiger partial charge is 0.326 e. The third-order valence-electron chi connectivity index (χ3n) is 4.23. The van der Waals surface area contributed by atoms with E-state index in [9.17, 15) is 27.5 Å². The first-order valence-corrected chi connectivity index (χ1v) is 10.4. The standard InChI is InChI=1S/C19H18FN3O5S/c1-29(27,28)23-16-8-11(6-7-14(16)20)18(24)22-17(19(25)26)9-12-10-21-15-5-3-2-4-13(12)15/h2-8,10,17,21,23H,9H2,1H3,(H,22,24)(H,25,26)/t17-/m1/s1. The Morgan fingerprint density at radius 3 is 2.62 bits per heavy atom. The lowest BCUT2D eigenvalue weighted by Crippen LogP contribution is -2.42. The van der Waals surface area contributed by atoms with Crippen LogP contribution >= 0.6 is 0 Å². The van der Waals surface area contributed by atoms with Crippen molar-refractivity contribution in [3.05, 3.63) is 65.6 Å². The lowest BCUT2D eigenvalue weighted by molar-refractivity contribution is -0.139. The first kappa shape index (κ1) is 20.3. The molecule has 2 aromatic carbocycles. The number of anilines is 1. The molecule has 8 nitrogen and oxygen atoms in total. The van der Waals surface area contributed by atoms with Crippen LogP contribution in [0, 0.1) is 5.82 Å². The Morgan fingerprint density at radius 1 is 1.21 bits per heavy atom. The van der Waals surface area contributed by atoms with Crippen molar-refractivity contribution < 1.29 is 27.5 Å². The number of fused-ring (bicyclic) bond motifs is 1. The van der Waals surface area contributed by atoms with Crippen LogP contribution in [0.3, 0.4) is 0 Å². The lowest BCUT2D eigenvalue weighted by atomic mass is 10.0. The van der Waals surface area contributed by atoms with Crippen LogP contribution in [0.25, 0.3) is 10.9 Å². The molecule has 0 saturated heterocycles. The summed E-state index contributed by atoms with van der Waals surface area (Å²) in [6, 6.07) is 9.20. The number of aromatic amines is 1. The van der Waals surface area contributed by atoms with Gasteiger partial charge in [-0.05, 0) is 29.8 Å². The van der Waals surface area contributed by atoms with E-state index >= 15 is 0 Å². The fourth-order valence-electron chi connectivity index (χ4n) is 2.91. The Kier molecular flexibility index (Phi) is 5.55. The number of nitrogens with one attached hydrogen (secondary N) is 3. The number of carbonyl (C=O) groups excluding carboxylic acids is 1. The van der Waals surface area contributed by atoms with Gasteiger partial charge in [-0.15, -0.1) is 0 Å². The predicted octanol–water partition coefficient (Wildman–Crippen LogP) is 2.10. The third-order valence-corrected chi connectivity index (χ3v) is 4.82. The topological polar surface area (TPSA) is 128 Å². The fraction of sp³-hybridized carbons (Fsp3) is 0.158. The van der Waals surface area contributed by atoms with Gasteiger partial charge in [0.25, 0.3) is 5.91 Å². The molecular weight excluding hydrogens is 401 g/mol. The summed E-state index contributed by atoms with van der Waals surface area (Å²) >= 11 is 0. The van der Waals surface area contributed by atoms with Gasteiger partial charge in [0.2, 0.25) is 10.0 Å². The van der Waals surface area contributed by atoms with E-state index in [1.807, 2.05) is 29.0 Å². The molecule has 4 N–H and O–H groups in total. The number of aromatic nitrogens is 1. The number of benzene rings is 2. The number of halogens is 1. The zero-order valence-electron chi connectivity index (χ0n) is 15.3. The summed E-state index contributed by atoms with van der Waals surface area (Å²) < 4.78 is 38.4. The SMILES string of the molecule is CS(=O)(=O)Nc1cc(C(=O)N[C@H](Cc2c[nH]c3ccccc23)C(=O)O)ccc1F. The Hall–Kier alpha value is -3.40. The Labute approximate surface area is 165 Å². The van der Waals surface area contributed by atoms with Crippen molar-refractivity contribution in [2.24, 2.45) is 0 Å². The first-order chi connectivity index (χ1) is 13.6. The molecule has 152 valence electrons. The molecule has 0 radical (unpaired) electrons. The Morgan fingerprint density at radius 2 is 1.93 bits per heavy atom. The Bertz CT molecular complexity index is 1190. The molecule has 1 atom stereocenters. The summed E-state index contributed by atoms with van der Waals surface area (Å²) in [5, 5.41) is 12.8. The predicted molar refractivity (Wildman–Crippen MR) is 106 cm³/mol. The molecule has 0 aliphatic carbocycles. The lowest BCUT2D eigenvalue weighted by Gasteiger charge is -2.15. The molecule has 0 fully saturated rings. The molecule has 1 amide bonds. The molecule has 3 aromatic rings. The summed E-state index contributed by atoms with van der Waals surface area (Å²) in [6.45, 7) is 0. The molecule has 0 aliphatic heterocycles. The maximum Gasteiger partial charge on any atom is 0.326 e.